The molecule has 0 aliphatic rings. The van der Waals surface area contributed by atoms with Crippen LogP contribution in [0.25, 0.3) is 10.9 Å². The van der Waals surface area contributed by atoms with E-state index in [2.05, 4.69) is 9.38 Å². The first-order valence-corrected chi connectivity index (χ1v) is 7.31. The molecular formula is C15H18N2OS. The van der Waals surface area contributed by atoms with Crippen molar-refractivity contribution in [2.75, 3.05) is 0 Å². The second kappa shape index (κ2) is 5.21. The molecule has 0 amide bonds. The van der Waals surface area contributed by atoms with Gasteiger partial charge in [-0.3, -0.25) is 4.98 Å². The summed E-state index contributed by atoms with van der Waals surface area (Å²) in [7, 11) is -1.24. The maximum Gasteiger partial charge on any atom is 0.145 e. The summed E-state index contributed by atoms with van der Waals surface area (Å²) in [6.07, 6.45) is 1.76. The monoisotopic (exact) mass is 274 g/mol. The van der Waals surface area contributed by atoms with Crippen LogP contribution in [0.1, 0.15) is 33.3 Å². The maximum atomic E-state index is 12.1. The van der Waals surface area contributed by atoms with Gasteiger partial charge in [0, 0.05) is 17.1 Å². The van der Waals surface area contributed by atoms with Gasteiger partial charge >= 0.3 is 0 Å². The molecule has 1 atom stereocenters. The SMILES string of the molecule is CC(=NS(=O)C(C)(C)C)c1ccnc2ccccc12. The Hall–Kier alpha value is -1.55. The normalized spacial score (nSPS) is 14.6. The molecule has 2 rings (SSSR count). The number of pyridine rings is 1. The highest BCUT2D eigenvalue weighted by Crippen LogP contribution is 2.19. The van der Waals surface area contributed by atoms with Gasteiger partial charge in [-0.15, -0.1) is 0 Å². The van der Waals surface area contributed by atoms with Crippen LogP contribution >= 0.6 is 0 Å². The van der Waals surface area contributed by atoms with E-state index < -0.39 is 11.0 Å². The van der Waals surface area contributed by atoms with E-state index in [1.54, 1.807) is 6.20 Å². The van der Waals surface area contributed by atoms with Crippen LogP contribution in [0.3, 0.4) is 0 Å². The molecule has 0 aliphatic carbocycles. The second-order valence-corrected chi connectivity index (χ2v) is 7.32. The van der Waals surface area contributed by atoms with Crippen LogP contribution in [0.5, 0.6) is 0 Å². The van der Waals surface area contributed by atoms with E-state index in [4.69, 9.17) is 0 Å². The molecule has 1 unspecified atom stereocenters. The molecule has 1 aromatic carbocycles. The Morgan fingerprint density at radius 1 is 1.21 bits per heavy atom. The summed E-state index contributed by atoms with van der Waals surface area (Å²) in [6.45, 7) is 7.66. The van der Waals surface area contributed by atoms with Gasteiger partial charge < -0.3 is 0 Å². The molecule has 0 fully saturated rings. The van der Waals surface area contributed by atoms with Crippen LogP contribution < -0.4 is 0 Å². The van der Waals surface area contributed by atoms with Crippen LogP contribution in [0.4, 0.5) is 0 Å². The van der Waals surface area contributed by atoms with Crippen molar-refractivity contribution >= 4 is 27.6 Å². The highest BCUT2D eigenvalue weighted by molar-refractivity contribution is 7.85. The highest BCUT2D eigenvalue weighted by Gasteiger charge is 2.19. The molecule has 1 aromatic heterocycles. The van der Waals surface area contributed by atoms with E-state index in [9.17, 15) is 4.21 Å². The van der Waals surface area contributed by atoms with E-state index in [-0.39, 0.29) is 4.75 Å². The molecule has 100 valence electrons. The molecule has 0 aliphatic heterocycles. The lowest BCUT2D eigenvalue weighted by atomic mass is 10.1. The van der Waals surface area contributed by atoms with E-state index >= 15 is 0 Å². The van der Waals surface area contributed by atoms with E-state index in [0.717, 1.165) is 22.2 Å². The quantitative estimate of drug-likeness (QED) is 0.786. The zero-order valence-electron chi connectivity index (χ0n) is 11.7. The van der Waals surface area contributed by atoms with Gasteiger partial charge in [0.15, 0.2) is 0 Å². The zero-order chi connectivity index (χ0) is 14.0. The summed E-state index contributed by atoms with van der Waals surface area (Å²) in [5.41, 5.74) is 2.70. The second-order valence-electron chi connectivity index (χ2n) is 5.41. The molecule has 0 radical (unpaired) electrons. The number of hydrogen-bond acceptors (Lipinski definition) is 2. The maximum absolute atomic E-state index is 12.1. The molecule has 19 heavy (non-hydrogen) atoms. The van der Waals surface area contributed by atoms with E-state index in [1.165, 1.54) is 0 Å². The molecule has 0 saturated heterocycles. The Bertz CT molecular complexity index is 651. The van der Waals surface area contributed by atoms with Crippen LogP contribution in [0.15, 0.2) is 40.9 Å². The molecule has 0 spiro atoms. The lowest BCUT2D eigenvalue weighted by Crippen LogP contribution is -2.20. The fourth-order valence-electron chi connectivity index (χ4n) is 1.72. The van der Waals surface area contributed by atoms with Gasteiger partial charge in [0.25, 0.3) is 0 Å². The predicted octanol–water partition coefficient (Wildman–Crippen LogP) is 3.51. The average molecular weight is 274 g/mol. The summed E-state index contributed by atoms with van der Waals surface area (Å²) >= 11 is 0. The van der Waals surface area contributed by atoms with Crippen LogP contribution in [0, 0.1) is 0 Å². The van der Waals surface area contributed by atoms with Crippen LogP contribution in [0.2, 0.25) is 0 Å². The number of rotatable bonds is 2. The third-order valence-corrected chi connectivity index (χ3v) is 4.27. The molecule has 0 N–H and O–H groups in total. The summed E-state index contributed by atoms with van der Waals surface area (Å²) in [4.78, 5) is 4.32. The van der Waals surface area contributed by atoms with Crippen molar-refractivity contribution in [3.8, 4) is 0 Å². The van der Waals surface area contributed by atoms with Gasteiger partial charge in [0.1, 0.15) is 11.0 Å². The third kappa shape index (κ3) is 3.07. The fraction of sp³-hybridized carbons (Fsp3) is 0.333. The van der Waals surface area contributed by atoms with E-state index in [1.807, 2.05) is 58.0 Å². The highest BCUT2D eigenvalue weighted by atomic mass is 32.2. The first-order valence-electron chi connectivity index (χ1n) is 6.21. The molecule has 1 heterocycles. The largest absolute Gasteiger partial charge is 0.256 e. The summed E-state index contributed by atoms with van der Waals surface area (Å²) in [5, 5.41) is 1.04. The van der Waals surface area contributed by atoms with Crippen molar-refractivity contribution in [2.24, 2.45) is 4.40 Å². The van der Waals surface area contributed by atoms with Crippen LogP contribution in [-0.2, 0) is 11.0 Å². The Balaban J connectivity index is 2.51. The lowest BCUT2D eigenvalue weighted by molar-refractivity contribution is 0.650. The minimum Gasteiger partial charge on any atom is -0.256 e. The Morgan fingerprint density at radius 2 is 1.89 bits per heavy atom. The zero-order valence-corrected chi connectivity index (χ0v) is 12.5. The molecule has 0 bridgehead atoms. The minimum absolute atomic E-state index is 0.343. The summed E-state index contributed by atoms with van der Waals surface area (Å²) in [6, 6.07) is 9.82. The summed E-state index contributed by atoms with van der Waals surface area (Å²) < 4.78 is 16.1. The van der Waals surface area contributed by atoms with Gasteiger partial charge in [0.2, 0.25) is 0 Å². The van der Waals surface area contributed by atoms with E-state index in [0.29, 0.717) is 0 Å². The Kier molecular flexibility index (Phi) is 3.80. The van der Waals surface area contributed by atoms with Gasteiger partial charge in [-0.2, -0.15) is 4.40 Å². The first-order chi connectivity index (χ1) is 8.89. The Labute approximate surface area is 116 Å². The van der Waals surface area contributed by atoms with Crippen molar-refractivity contribution in [2.45, 2.75) is 32.4 Å². The molecule has 4 heteroatoms. The number of fused-ring (bicyclic) bond motifs is 1. The minimum atomic E-state index is -1.24. The van der Waals surface area contributed by atoms with Crippen molar-refractivity contribution in [3.05, 3.63) is 42.1 Å². The predicted molar refractivity (Wildman–Crippen MR) is 81.8 cm³/mol. The van der Waals surface area contributed by atoms with Gasteiger partial charge in [0.05, 0.1) is 16.0 Å². The van der Waals surface area contributed by atoms with Gasteiger partial charge in [-0.05, 0) is 39.8 Å². The average Bonchev–Trinajstić information content (AvgIpc) is 2.36. The fourth-order valence-corrected chi connectivity index (χ4v) is 2.34. The number of nitrogens with zero attached hydrogens (tertiary/aromatic N) is 2. The van der Waals surface area contributed by atoms with Crippen molar-refractivity contribution in [1.82, 2.24) is 4.98 Å². The topological polar surface area (TPSA) is 42.3 Å². The number of aromatic nitrogens is 1. The van der Waals surface area contributed by atoms with Crippen molar-refractivity contribution in [3.63, 3.8) is 0 Å². The van der Waals surface area contributed by atoms with Crippen LogP contribution in [-0.4, -0.2) is 19.7 Å². The molecular weight excluding hydrogens is 256 g/mol. The van der Waals surface area contributed by atoms with Crippen molar-refractivity contribution < 1.29 is 4.21 Å². The number of para-hydroxylation sites is 1. The van der Waals surface area contributed by atoms with Crippen molar-refractivity contribution in [1.29, 1.82) is 0 Å². The third-order valence-electron chi connectivity index (χ3n) is 2.78. The molecule has 2 aromatic rings. The standard InChI is InChI=1S/C15H18N2OS/c1-11(17-19(18)15(2,3)4)12-9-10-16-14-8-6-5-7-13(12)14/h5-10H,1-4H3. The summed E-state index contributed by atoms with van der Waals surface area (Å²) in [5.74, 6) is 0. The number of hydrogen-bond donors (Lipinski definition) is 0. The Morgan fingerprint density at radius 3 is 2.58 bits per heavy atom. The number of benzene rings is 1. The lowest BCUT2D eigenvalue weighted by Gasteiger charge is -2.14. The van der Waals surface area contributed by atoms with Gasteiger partial charge in [-0.25, -0.2) is 4.21 Å². The molecule has 3 nitrogen and oxygen atoms in total. The van der Waals surface area contributed by atoms with Gasteiger partial charge in [-0.1, -0.05) is 18.2 Å². The smallest absolute Gasteiger partial charge is 0.145 e. The molecule has 0 saturated carbocycles. The first kappa shape index (κ1) is 13.9.